The third-order valence-electron chi connectivity index (χ3n) is 16.9. The Morgan fingerprint density at radius 1 is 0.104 bits per heavy atom. The fraction of sp³-hybridized carbons (Fsp3) is 0.250. The van der Waals surface area contributed by atoms with Crippen LogP contribution in [0.25, 0.3) is 0 Å². The average molecular weight is 1750 g/mol. The van der Waals surface area contributed by atoms with Crippen LogP contribution in [0.4, 0.5) is 211 Å². The number of halogens is 48. The van der Waals surface area contributed by atoms with Gasteiger partial charge in [-0.05, 0) is 48.5 Å². The zero-order valence-corrected chi connectivity index (χ0v) is 55.3. The van der Waals surface area contributed by atoms with Gasteiger partial charge in [-0.3, -0.25) is 0 Å². The third-order valence-corrected chi connectivity index (χ3v) is 16.9. The van der Waals surface area contributed by atoms with Gasteiger partial charge in [0.2, 0.25) is 0 Å². The van der Waals surface area contributed by atoms with E-state index in [1.807, 2.05) is 0 Å². The predicted octanol–water partition coefficient (Wildman–Crippen LogP) is 22.0. The maximum Gasteiger partial charge on any atom is 2.00 e. The van der Waals surface area contributed by atoms with E-state index in [4.69, 9.17) is 0 Å². The van der Waals surface area contributed by atoms with Crippen LogP contribution in [0.2, 0.25) is 0 Å². The molecule has 0 heterocycles. The second kappa shape index (κ2) is 30.0. The van der Waals surface area contributed by atoms with Crippen LogP contribution in [0.5, 0.6) is 0 Å². The number of hydrogen-bond donors (Lipinski definition) is 0. The fourth-order valence-corrected chi connectivity index (χ4v) is 12.1. The van der Waals surface area contributed by atoms with Crippen molar-refractivity contribution < 1.29 is 211 Å². The van der Waals surface area contributed by atoms with Gasteiger partial charge in [-0.15, -0.1) is 0 Å². The van der Waals surface area contributed by atoms with Crippen molar-refractivity contribution in [1.29, 1.82) is 0 Å². The molecule has 0 atom stereocenters. The van der Waals surface area contributed by atoms with Crippen molar-refractivity contribution in [2.75, 3.05) is 0 Å². The van der Waals surface area contributed by atoms with E-state index in [-0.39, 0.29) is 23.1 Å². The second-order valence-electron chi connectivity index (χ2n) is 24.4. The molecule has 0 amide bonds. The van der Waals surface area contributed by atoms with Crippen LogP contribution in [0.3, 0.4) is 0 Å². The first-order valence-electron chi connectivity index (χ1n) is 29.2. The molecule has 0 aliphatic heterocycles. The van der Waals surface area contributed by atoms with Crippen molar-refractivity contribution in [2.24, 2.45) is 0 Å². The number of benzene rings is 8. The summed E-state index contributed by atoms with van der Waals surface area (Å²) in [5, 5.41) is 0. The molecule has 8 aromatic carbocycles. The van der Waals surface area contributed by atoms with E-state index in [9.17, 15) is 211 Å². The Morgan fingerprint density at radius 3 is 0.200 bits per heavy atom. The Balaban J connectivity index is 0.000000355. The van der Waals surface area contributed by atoms with Crippen molar-refractivity contribution >= 4 is 79.0 Å². The molecule has 624 valence electrons. The molecule has 0 unspecified atom stereocenters. The van der Waals surface area contributed by atoms with Gasteiger partial charge >= 0.3 is 122 Å². The van der Waals surface area contributed by atoms with Crippen molar-refractivity contribution in [3.05, 3.63) is 235 Å². The summed E-state index contributed by atoms with van der Waals surface area (Å²) in [6.07, 6.45) is -110. The molecular formula is C64H24B2F48Mg. The number of alkyl halides is 48. The smallest absolute Gasteiger partial charge is 0.194 e. The van der Waals surface area contributed by atoms with E-state index in [1.54, 1.807) is 0 Å². The Hall–Kier alpha value is -8.70. The Labute approximate surface area is 621 Å². The van der Waals surface area contributed by atoms with Gasteiger partial charge in [0, 0.05) is 0 Å². The zero-order chi connectivity index (χ0) is 87.8. The van der Waals surface area contributed by atoms with E-state index < -0.39 is 389 Å². The van der Waals surface area contributed by atoms with Gasteiger partial charge in [0.15, 0.2) is 0 Å². The minimum absolute atomic E-state index is 0. The molecule has 0 aliphatic carbocycles. The van der Waals surface area contributed by atoms with Gasteiger partial charge in [-0.2, -0.15) is 254 Å². The molecule has 0 aliphatic rings. The van der Waals surface area contributed by atoms with Gasteiger partial charge < -0.3 is 0 Å². The third kappa shape index (κ3) is 21.0. The second-order valence-corrected chi connectivity index (χ2v) is 24.4. The molecule has 0 aromatic heterocycles. The van der Waals surface area contributed by atoms with E-state index in [1.165, 1.54) is 0 Å². The van der Waals surface area contributed by atoms with Gasteiger partial charge in [0.25, 0.3) is 0 Å². The topological polar surface area (TPSA) is 0 Å². The molecular weight excluding hydrogens is 1730 g/mol. The first kappa shape index (κ1) is 95.1. The predicted molar refractivity (Wildman–Crippen MR) is 306 cm³/mol. The molecule has 8 rings (SSSR count). The molecule has 51 heteroatoms. The van der Waals surface area contributed by atoms with Crippen LogP contribution in [-0.2, 0) is 98.8 Å². The van der Waals surface area contributed by atoms with E-state index in [0.29, 0.717) is 0 Å². The van der Waals surface area contributed by atoms with Crippen LogP contribution in [0.15, 0.2) is 146 Å². The summed E-state index contributed by atoms with van der Waals surface area (Å²) in [4.78, 5) is 0. The van der Waals surface area contributed by atoms with Crippen LogP contribution >= 0.6 is 0 Å². The summed E-state index contributed by atoms with van der Waals surface area (Å²) in [6.45, 7) is 0. The maximum atomic E-state index is 14.2. The molecule has 0 fully saturated rings. The first-order chi connectivity index (χ1) is 50.5. The maximum absolute atomic E-state index is 14.2. The van der Waals surface area contributed by atoms with Crippen molar-refractivity contribution in [3.63, 3.8) is 0 Å². The molecule has 0 N–H and O–H groups in total. The van der Waals surface area contributed by atoms with E-state index in [2.05, 4.69) is 0 Å². The minimum atomic E-state index is -6.13. The molecule has 0 saturated heterocycles. The van der Waals surface area contributed by atoms with Crippen LogP contribution in [-0.4, -0.2) is 35.3 Å². The summed E-state index contributed by atoms with van der Waals surface area (Å²) in [5.41, 5.74) is -60.4. The van der Waals surface area contributed by atoms with Crippen LogP contribution < -0.4 is 43.7 Å². The summed E-state index contributed by atoms with van der Waals surface area (Å²) in [5.74, 6) is 0. The minimum Gasteiger partial charge on any atom is -0.194 e. The summed E-state index contributed by atoms with van der Waals surface area (Å²) < 4.78 is 682. The summed E-state index contributed by atoms with van der Waals surface area (Å²) in [7, 11) is 0. The summed E-state index contributed by atoms with van der Waals surface area (Å²) in [6, 6.07) is -17.6. The van der Waals surface area contributed by atoms with E-state index >= 15 is 0 Å². The van der Waals surface area contributed by atoms with Crippen LogP contribution in [0, 0.1) is 0 Å². The number of hydrogen-bond acceptors (Lipinski definition) is 0. The normalized spacial score (nSPS) is 14.2. The van der Waals surface area contributed by atoms with Gasteiger partial charge in [0.1, 0.15) is 12.3 Å². The molecule has 0 bridgehead atoms. The zero-order valence-electron chi connectivity index (χ0n) is 53.9. The van der Waals surface area contributed by atoms with Crippen molar-refractivity contribution in [2.45, 2.75) is 98.8 Å². The van der Waals surface area contributed by atoms with E-state index in [0.717, 1.165) is 0 Å². The SMILES string of the molecule is FC(F)(F)c1cc([B-](c2cc(C(F)(F)F)cc(C(F)(F)F)c2)(c2cc(C(F)(F)F)cc(C(F)(F)F)c2)c2cc(C(F)(F)F)cc(C(F)(F)F)c2)cc(C(F)(F)F)c1.FC(F)(F)c1cc([B-](c2cc(C(F)(F)F)cc(C(F)(F)F)c2)(c2cc(C(F)(F)F)cc(C(F)(F)F)c2)c2cc(C(F)(F)F)cc(C(F)(F)F)c2)cc(C(F)(F)F)c1.[Mg+2]. The quantitative estimate of drug-likeness (QED) is 0.105. The Morgan fingerprint density at radius 2 is 0.157 bits per heavy atom. The van der Waals surface area contributed by atoms with Crippen molar-refractivity contribution in [1.82, 2.24) is 0 Å². The first-order valence-corrected chi connectivity index (χ1v) is 29.2. The van der Waals surface area contributed by atoms with Gasteiger partial charge in [-0.25, -0.2) is 0 Å². The van der Waals surface area contributed by atoms with Crippen LogP contribution in [0.1, 0.15) is 89.0 Å². The summed E-state index contributed by atoms with van der Waals surface area (Å²) >= 11 is 0. The Bertz CT molecular complexity index is 3710. The number of rotatable bonds is 8. The molecule has 0 nitrogen and oxygen atoms in total. The fourth-order valence-electron chi connectivity index (χ4n) is 12.1. The Kier molecular flexibility index (Phi) is 24.8. The van der Waals surface area contributed by atoms with Crippen molar-refractivity contribution in [3.8, 4) is 0 Å². The standard InChI is InChI=1S/2C32H12BF24.Mg/c2*34-25(35,36)13-1-14(26(37,38)39)6-21(5-13)33(22-7-15(27(40,41)42)2-16(8-22)28(43,44)45,23-9-17(29(46,47)48)3-18(10-23)30(49,50)51)24-11-19(31(52,53)54)4-20(12-24)32(55,56)57;/h2*1-12H;/q2*-1;+2. The average Bonchev–Trinajstić information content (AvgIpc) is 0.711. The molecule has 115 heavy (non-hydrogen) atoms. The molecule has 8 aromatic rings. The molecule has 0 saturated carbocycles. The molecule has 0 spiro atoms. The largest absolute Gasteiger partial charge is 2.00 e. The monoisotopic (exact) mass is 1750 g/mol. The van der Waals surface area contributed by atoms with Gasteiger partial charge in [0.05, 0.1) is 89.0 Å². The molecule has 0 radical (unpaired) electrons. The van der Waals surface area contributed by atoms with Gasteiger partial charge in [-0.1, -0.05) is 97.1 Å².